The van der Waals surface area contributed by atoms with Crippen LogP contribution in [0.15, 0.2) is 23.7 Å². The second-order valence-electron chi connectivity index (χ2n) is 7.61. The Morgan fingerprint density at radius 1 is 1.34 bits per heavy atom. The van der Waals surface area contributed by atoms with Crippen LogP contribution >= 0.6 is 23.3 Å². The van der Waals surface area contributed by atoms with Crippen LogP contribution in [0, 0.1) is 11.8 Å². The number of carbonyl (C=O) groups excluding carboxylic acids is 1. The number of rotatable bonds is 4. The quantitative estimate of drug-likeness (QED) is 0.614. The van der Waals surface area contributed by atoms with Crippen LogP contribution in [0.1, 0.15) is 12.8 Å². The summed E-state index contributed by atoms with van der Waals surface area (Å²) < 4.78 is 4.19. The van der Waals surface area contributed by atoms with Crippen LogP contribution in [0.5, 0.6) is 0 Å². The average Bonchev–Trinajstić information content (AvgIpc) is 3.48. The molecule has 5 rings (SSSR count). The van der Waals surface area contributed by atoms with Gasteiger partial charge in [-0.1, -0.05) is 11.8 Å². The Bertz CT molecular complexity index is 1020. The molecule has 1 aliphatic carbocycles. The number of thioether (sulfide) groups is 1. The molecular formula is C18H22N8OS2. The highest BCUT2D eigenvalue weighted by molar-refractivity contribution is 7.98. The largest absolute Gasteiger partial charge is 0.356 e. The molecule has 2 amide bonds. The van der Waals surface area contributed by atoms with Crippen LogP contribution in [-0.4, -0.2) is 67.7 Å². The van der Waals surface area contributed by atoms with Gasteiger partial charge in [-0.2, -0.15) is 9.36 Å². The fraction of sp³-hybridized carbons (Fsp3) is 0.500. The fourth-order valence-corrected chi connectivity index (χ4v) is 5.69. The predicted octanol–water partition coefficient (Wildman–Crippen LogP) is 2.91. The lowest BCUT2D eigenvalue weighted by Crippen LogP contribution is -2.36. The van der Waals surface area contributed by atoms with Crippen LogP contribution in [0.25, 0.3) is 11.0 Å². The molecule has 2 atom stereocenters. The zero-order chi connectivity index (χ0) is 20.0. The smallest absolute Gasteiger partial charge is 0.323 e. The summed E-state index contributed by atoms with van der Waals surface area (Å²) in [7, 11) is 2.11. The maximum absolute atomic E-state index is 12.6. The number of carbonyl (C=O) groups is 1. The Morgan fingerprint density at radius 2 is 2.14 bits per heavy atom. The Kier molecular flexibility index (Phi) is 4.78. The number of urea groups is 1. The van der Waals surface area contributed by atoms with Crippen LogP contribution in [0.2, 0.25) is 0 Å². The van der Waals surface area contributed by atoms with Crippen LogP contribution in [0.3, 0.4) is 0 Å². The Labute approximate surface area is 176 Å². The van der Waals surface area contributed by atoms with Gasteiger partial charge in [0, 0.05) is 43.9 Å². The molecule has 1 aliphatic heterocycles. The van der Waals surface area contributed by atoms with Crippen LogP contribution in [0.4, 0.5) is 15.7 Å². The highest BCUT2D eigenvalue weighted by atomic mass is 32.2. The topological polar surface area (TPSA) is 103 Å². The van der Waals surface area contributed by atoms with Crippen molar-refractivity contribution < 1.29 is 4.79 Å². The SMILES string of the molecule is CSc1nsc(NC(=O)N2CC3CC(N(C)c4ncnc5[nH]ccc45)CC3C2)n1. The van der Waals surface area contributed by atoms with Gasteiger partial charge in [0.15, 0.2) is 0 Å². The Balaban J connectivity index is 1.21. The van der Waals surface area contributed by atoms with Crippen molar-refractivity contribution >= 4 is 51.3 Å². The molecule has 1 saturated carbocycles. The van der Waals surface area contributed by atoms with E-state index in [1.165, 1.54) is 23.3 Å². The summed E-state index contributed by atoms with van der Waals surface area (Å²) in [6.45, 7) is 1.58. The van der Waals surface area contributed by atoms with Crippen molar-refractivity contribution in [1.29, 1.82) is 0 Å². The van der Waals surface area contributed by atoms with E-state index in [4.69, 9.17) is 0 Å². The molecule has 29 heavy (non-hydrogen) atoms. The van der Waals surface area contributed by atoms with E-state index < -0.39 is 0 Å². The second-order valence-corrected chi connectivity index (χ2v) is 9.14. The molecule has 0 aromatic carbocycles. The number of anilines is 2. The summed E-state index contributed by atoms with van der Waals surface area (Å²) in [5.74, 6) is 2.01. The first kappa shape index (κ1) is 18.6. The van der Waals surface area contributed by atoms with Gasteiger partial charge < -0.3 is 14.8 Å². The summed E-state index contributed by atoms with van der Waals surface area (Å²) in [5.41, 5.74) is 0.865. The summed E-state index contributed by atoms with van der Waals surface area (Å²) in [4.78, 5) is 33.1. The second kappa shape index (κ2) is 7.45. The molecule has 0 radical (unpaired) electrons. The van der Waals surface area contributed by atoms with Crippen molar-refractivity contribution in [2.24, 2.45) is 11.8 Å². The molecule has 3 aromatic rings. The number of likely N-dealkylation sites (tertiary alicyclic amines) is 1. The summed E-state index contributed by atoms with van der Waals surface area (Å²) >= 11 is 2.70. The van der Waals surface area contributed by atoms with E-state index >= 15 is 0 Å². The van der Waals surface area contributed by atoms with E-state index in [1.54, 1.807) is 6.33 Å². The predicted molar refractivity (Wildman–Crippen MR) is 115 cm³/mol. The van der Waals surface area contributed by atoms with Gasteiger partial charge in [-0.3, -0.25) is 5.32 Å². The van der Waals surface area contributed by atoms with Crippen molar-refractivity contribution in [3.05, 3.63) is 18.6 Å². The average molecular weight is 431 g/mol. The first-order valence-corrected chi connectivity index (χ1v) is 11.6. The van der Waals surface area contributed by atoms with E-state index in [0.717, 1.165) is 42.8 Å². The molecule has 11 heteroatoms. The van der Waals surface area contributed by atoms with Gasteiger partial charge in [0.1, 0.15) is 17.8 Å². The van der Waals surface area contributed by atoms with Gasteiger partial charge in [-0.25, -0.2) is 14.8 Å². The molecule has 2 fully saturated rings. The van der Waals surface area contributed by atoms with Crippen molar-refractivity contribution in [1.82, 2.24) is 29.2 Å². The standard InChI is InChI=1S/C18H22N8OS2/c1-25(15-13-3-4-19-14(13)20-9-21-15)12-5-10-7-26(8-11(10)6-12)18(27)23-16-22-17(28-2)24-29-16/h3-4,9-12H,5-8H2,1-2H3,(H,19,20,21)(H,22,23,24,27). The molecule has 2 N–H and O–H groups in total. The molecule has 1 saturated heterocycles. The van der Waals surface area contributed by atoms with Gasteiger partial charge in [0.25, 0.3) is 0 Å². The lowest BCUT2D eigenvalue weighted by molar-refractivity contribution is 0.218. The molecular weight excluding hydrogens is 408 g/mol. The maximum atomic E-state index is 12.6. The molecule has 0 spiro atoms. The first-order valence-electron chi connectivity index (χ1n) is 9.57. The molecule has 152 valence electrons. The van der Waals surface area contributed by atoms with E-state index in [1.807, 2.05) is 23.4 Å². The third-order valence-corrected chi connectivity index (χ3v) is 7.33. The number of aromatic nitrogens is 5. The molecule has 4 heterocycles. The fourth-order valence-electron chi connectivity index (χ4n) is 4.58. The maximum Gasteiger partial charge on any atom is 0.323 e. The zero-order valence-corrected chi connectivity index (χ0v) is 17.8. The minimum atomic E-state index is -0.0714. The molecule has 2 unspecified atom stereocenters. The molecule has 9 nitrogen and oxygen atoms in total. The van der Waals surface area contributed by atoms with E-state index in [9.17, 15) is 4.79 Å². The van der Waals surface area contributed by atoms with Gasteiger partial charge in [0.05, 0.1) is 5.39 Å². The Morgan fingerprint density at radius 3 is 2.86 bits per heavy atom. The highest BCUT2D eigenvalue weighted by Gasteiger charge is 2.44. The lowest BCUT2D eigenvalue weighted by Gasteiger charge is -2.27. The monoisotopic (exact) mass is 430 g/mol. The molecule has 3 aromatic heterocycles. The number of nitrogens with one attached hydrogen (secondary N) is 2. The third-order valence-electron chi connectivity index (χ3n) is 6.03. The van der Waals surface area contributed by atoms with Gasteiger partial charge in [-0.05, 0) is 37.0 Å². The van der Waals surface area contributed by atoms with E-state index in [2.05, 4.69) is 41.6 Å². The Hall–Kier alpha value is -2.40. The highest BCUT2D eigenvalue weighted by Crippen LogP contribution is 2.41. The van der Waals surface area contributed by atoms with E-state index in [0.29, 0.717) is 28.2 Å². The number of fused-ring (bicyclic) bond motifs is 2. The summed E-state index contributed by atoms with van der Waals surface area (Å²) in [6, 6.07) is 2.38. The van der Waals surface area contributed by atoms with Crippen molar-refractivity contribution in [3.8, 4) is 0 Å². The number of hydrogen-bond acceptors (Lipinski definition) is 8. The van der Waals surface area contributed by atoms with E-state index in [-0.39, 0.29) is 6.03 Å². The number of nitrogens with zero attached hydrogens (tertiary/aromatic N) is 6. The lowest BCUT2D eigenvalue weighted by atomic mass is 10.0. The minimum Gasteiger partial charge on any atom is -0.356 e. The van der Waals surface area contributed by atoms with Crippen LogP contribution in [-0.2, 0) is 0 Å². The number of amides is 2. The first-order chi connectivity index (χ1) is 14.1. The number of hydrogen-bond donors (Lipinski definition) is 2. The third kappa shape index (κ3) is 3.42. The number of aromatic amines is 1. The van der Waals surface area contributed by atoms with Gasteiger partial charge >= 0.3 is 6.03 Å². The number of H-pyrrole nitrogens is 1. The zero-order valence-electron chi connectivity index (χ0n) is 16.2. The van der Waals surface area contributed by atoms with Crippen molar-refractivity contribution in [2.75, 3.05) is 36.6 Å². The summed E-state index contributed by atoms with van der Waals surface area (Å²) in [6.07, 6.45) is 7.57. The normalized spacial score (nSPS) is 23.5. The van der Waals surface area contributed by atoms with Gasteiger partial charge in [0.2, 0.25) is 10.3 Å². The molecule has 0 bridgehead atoms. The van der Waals surface area contributed by atoms with Crippen LogP contribution < -0.4 is 10.2 Å². The van der Waals surface area contributed by atoms with Crippen molar-refractivity contribution in [2.45, 2.75) is 24.0 Å². The summed E-state index contributed by atoms with van der Waals surface area (Å²) in [5, 5.41) is 5.20. The minimum absolute atomic E-state index is 0.0714. The van der Waals surface area contributed by atoms with Gasteiger partial charge in [-0.15, -0.1) is 0 Å². The van der Waals surface area contributed by atoms with Crippen molar-refractivity contribution in [3.63, 3.8) is 0 Å². The molecule has 2 aliphatic rings.